The summed E-state index contributed by atoms with van der Waals surface area (Å²) in [6, 6.07) is 0. The molecule has 2 fully saturated rings. The van der Waals surface area contributed by atoms with E-state index in [-0.39, 0.29) is 24.3 Å². The van der Waals surface area contributed by atoms with Crippen molar-refractivity contribution in [1.82, 2.24) is 9.80 Å². The second-order valence-corrected chi connectivity index (χ2v) is 8.94. The van der Waals surface area contributed by atoms with Crippen LogP contribution in [0.5, 0.6) is 0 Å². The molecule has 0 unspecified atom stereocenters. The average molecular weight is 397 g/mol. The first-order chi connectivity index (χ1) is 13.3. The molecular formula is C22H40N2O4. The van der Waals surface area contributed by atoms with E-state index >= 15 is 0 Å². The lowest BCUT2D eigenvalue weighted by molar-refractivity contribution is -0.135. The molecular weight excluding hydrogens is 356 g/mol. The molecule has 1 N–H and O–H groups in total. The highest BCUT2D eigenvalue weighted by Gasteiger charge is 2.27. The molecule has 1 amide bonds. The van der Waals surface area contributed by atoms with Gasteiger partial charge >= 0.3 is 0 Å². The van der Waals surface area contributed by atoms with E-state index in [4.69, 9.17) is 5.11 Å². The highest BCUT2D eigenvalue weighted by atomic mass is 16.3. The summed E-state index contributed by atoms with van der Waals surface area (Å²) in [7, 11) is 0. The molecule has 28 heavy (non-hydrogen) atoms. The molecule has 6 heteroatoms. The van der Waals surface area contributed by atoms with Gasteiger partial charge in [0, 0.05) is 24.9 Å². The SMILES string of the molecule is CC(C)C(=O)CN1CCC(CC2CCN(C(=O)CO)CC2)CC1.CC(C)C=O. The lowest BCUT2D eigenvalue weighted by Crippen LogP contribution is -2.41. The highest BCUT2D eigenvalue weighted by molar-refractivity contribution is 5.82. The monoisotopic (exact) mass is 396 g/mol. The Bertz CT molecular complexity index is 477. The van der Waals surface area contributed by atoms with Crippen molar-refractivity contribution in [3.8, 4) is 0 Å². The molecule has 2 saturated heterocycles. The Morgan fingerprint density at radius 2 is 1.43 bits per heavy atom. The predicted octanol–water partition coefficient (Wildman–Crippen LogP) is 2.39. The zero-order valence-corrected chi connectivity index (χ0v) is 18.2. The summed E-state index contributed by atoms with van der Waals surface area (Å²) in [4.78, 5) is 36.9. The van der Waals surface area contributed by atoms with Gasteiger partial charge in [0.15, 0.2) is 0 Å². The number of aliphatic hydroxyl groups excluding tert-OH is 1. The number of nitrogens with zero attached hydrogens (tertiary/aromatic N) is 2. The van der Waals surface area contributed by atoms with E-state index in [1.165, 1.54) is 19.3 Å². The van der Waals surface area contributed by atoms with Crippen LogP contribution < -0.4 is 0 Å². The van der Waals surface area contributed by atoms with Crippen molar-refractivity contribution in [2.24, 2.45) is 23.7 Å². The molecule has 2 rings (SSSR count). The quantitative estimate of drug-likeness (QED) is 0.669. The Kier molecular flexibility index (Phi) is 11.5. The maximum atomic E-state index is 11.8. The molecule has 0 aromatic heterocycles. The van der Waals surface area contributed by atoms with Crippen molar-refractivity contribution in [1.29, 1.82) is 0 Å². The van der Waals surface area contributed by atoms with Gasteiger partial charge in [-0.05, 0) is 57.0 Å². The van der Waals surface area contributed by atoms with E-state index in [2.05, 4.69) is 4.90 Å². The fourth-order valence-electron chi connectivity index (χ4n) is 3.77. The van der Waals surface area contributed by atoms with Crippen LogP contribution in [-0.2, 0) is 14.4 Å². The Morgan fingerprint density at radius 3 is 1.82 bits per heavy atom. The van der Waals surface area contributed by atoms with E-state index in [9.17, 15) is 14.4 Å². The van der Waals surface area contributed by atoms with E-state index in [0.717, 1.165) is 51.2 Å². The van der Waals surface area contributed by atoms with E-state index in [1.807, 2.05) is 27.7 Å². The topological polar surface area (TPSA) is 77.9 Å². The van der Waals surface area contributed by atoms with Crippen LogP contribution in [-0.4, -0.2) is 72.2 Å². The van der Waals surface area contributed by atoms with Gasteiger partial charge in [0.1, 0.15) is 18.7 Å². The van der Waals surface area contributed by atoms with Crippen molar-refractivity contribution in [3.63, 3.8) is 0 Å². The van der Waals surface area contributed by atoms with Crippen LogP contribution in [0.4, 0.5) is 0 Å². The summed E-state index contributed by atoms with van der Waals surface area (Å²) in [5.41, 5.74) is 0. The van der Waals surface area contributed by atoms with Crippen molar-refractivity contribution >= 4 is 18.0 Å². The van der Waals surface area contributed by atoms with Gasteiger partial charge in [-0.25, -0.2) is 0 Å². The molecule has 0 aromatic carbocycles. The van der Waals surface area contributed by atoms with Crippen LogP contribution in [0.1, 0.15) is 59.8 Å². The fraction of sp³-hybridized carbons (Fsp3) is 0.864. The second kappa shape index (κ2) is 13.0. The molecule has 0 aromatic rings. The molecule has 162 valence electrons. The number of carbonyl (C=O) groups excluding carboxylic acids is 3. The van der Waals surface area contributed by atoms with Crippen molar-refractivity contribution < 1.29 is 19.5 Å². The van der Waals surface area contributed by atoms with Crippen LogP contribution in [0.2, 0.25) is 0 Å². The van der Waals surface area contributed by atoms with Gasteiger partial charge in [0.2, 0.25) is 5.91 Å². The zero-order valence-electron chi connectivity index (χ0n) is 18.2. The third kappa shape index (κ3) is 9.28. The smallest absolute Gasteiger partial charge is 0.248 e. The molecule has 6 nitrogen and oxygen atoms in total. The number of aldehydes is 1. The van der Waals surface area contributed by atoms with E-state index in [1.54, 1.807) is 4.90 Å². The van der Waals surface area contributed by atoms with E-state index < -0.39 is 0 Å². The second-order valence-electron chi connectivity index (χ2n) is 8.94. The van der Waals surface area contributed by atoms with Crippen LogP contribution in [0.15, 0.2) is 0 Å². The minimum Gasteiger partial charge on any atom is -0.387 e. The highest BCUT2D eigenvalue weighted by Crippen LogP contribution is 2.30. The first-order valence-corrected chi connectivity index (χ1v) is 10.9. The minimum atomic E-state index is -0.363. The lowest BCUT2D eigenvalue weighted by Gasteiger charge is -2.36. The third-order valence-corrected chi connectivity index (χ3v) is 5.77. The van der Waals surface area contributed by atoms with Gasteiger partial charge in [-0.3, -0.25) is 14.5 Å². The van der Waals surface area contributed by atoms with E-state index in [0.29, 0.717) is 18.2 Å². The standard InChI is InChI=1S/C18H32N2O3.C4H8O/c1-14(2)17(22)12-19-7-3-15(4-8-19)11-16-5-9-20(10-6-16)18(23)13-21;1-4(2)3-5/h14-16,21H,3-13H2,1-2H3;3-4H,1-2H3. The summed E-state index contributed by atoms with van der Waals surface area (Å²) in [5, 5.41) is 8.92. The van der Waals surface area contributed by atoms with Crippen LogP contribution in [0.25, 0.3) is 0 Å². The Morgan fingerprint density at radius 1 is 0.964 bits per heavy atom. The summed E-state index contributed by atoms with van der Waals surface area (Å²) >= 11 is 0. The van der Waals surface area contributed by atoms with Gasteiger partial charge in [-0.2, -0.15) is 0 Å². The Balaban J connectivity index is 0.000000696. The number of ketones is 1. The summed E-state index contributed by atoms with van der Waals surface area (Å²) in [5.74, 6) is 2.04. The van der Waals surface area contributed by atoms with Crippen LogP contribution in [0, 0.1) is 23.7 Å². The average Bonchev–Trinajstić information content (AvgIpc) is 2.69. The zero-order chi connectivity index (χ0) is 21.1. The first-order valence-electron chi connectivity index (χ1n) is 10.9. The maximum Gasteiger partial charge on any atom is 0.248 e. The fourth-order valence-corrected chi connectivity index (χ4v) is 3.77. The largest absolute Gasteiger partial charge is 0.387 e. The number of piperidine rings is 2. The number of hydrogen-bond donors (Lipinski definition) is 1. The molecule has 2 heterocycles. The van der Waals surface area contributed by atoms with Crippen molar-refractivity contribution in [2.45, 2.75) is 59.8 Å². The molecule has 2 aliphatic rings. The Labute approximate surface area is 170 Å². The van der Waals surface area contributed by atoms with Crippen molar-refractivity contribution in [2.75, 3.05) is 39.3 Å². The van der Waals surface area contributed by atoms with Gasteiger partial charge in [0.25, 0.3) is 0 Å². The first kappa shape index (κ1) is 24.8. The van der Waals surface area contributed by atoms with Gasteiger partial charge in [0.05, 0.1) is 6.54 Å². The minimum absolute atomic E-state index is 0.133. The number of carbonyl (C=O) groups is 3. The number of rotatable bonds is 7. The lowest BCUT2D eigenvalue weighted by atomic mass is 9.82. The molecule has 0 saturated carbocycles. The van der Waals surface area contributed by atoms with Crippen LogP contribution >= 0.6 is 0 Å². The summed E-state index contributed by atoms with van der Waals surface area (Å²) < 4.78 is 0. The van der Waals surface area contributed by atoms with Crippen LogP contribution in [0.3, 0.4) is 0 Å². The molecule has 2 aliphatic heterocycles. The number of amides is 1. The predicted molar refractivity (Wildman–Crippen MR) is 111 cm³/mol. The molecule has 0 bridgehead atoms. The normalized spacial score (nSPS) is 19.5. The van der Waals surface area contributed by atoms with Gasteiger partial charge in [-0.1, -0.05) is 27.7 Å². The number of Topliss-reactive ketones (excluding diaryl/α,β-unsaturated/α-hetero) is 1. The molecule has 0 radical (unpaired) electrons. The number of likely N-dealkylation sites (tertiary alicyclic amines) is 2. The number of aliphatic hydroxyl groups is 1. The Hall–Kier alpha value is -1.27. The summed E-state index contributed by atoms with van der Waals surface area (Å²) in [6.45, 7) is 11.6. The maximum absolute atomic E-state index is 11.8. The molecule has 0 aliphatic carbocycles. The number of hydrogen-bond acceptors (Lipinski definition) is 5. The van der Waals surface area contributed by atoms with Gasteiger partial charge in [-0.15, -0.1) is 0 Å². The van der Waals surface area contributed by atoms with Gasteiger partial charge < -0.3 is 14.8 Å². The third-order valence-electron chi connectivity index (χ3n) is 5.77. The summed E-state index contributed by atoms with van der Waals surface area (Å²) in [6.07, 6.45) is 6.70. The molecule has 0 atom stereocenters. The van der Waals surface area contributed by atoms with Crippen molar-refractivity contribution in [3.05, 3.63) is 0 Å². The molecule has 0 spiro atoms.